The third-order valence-corrected chi connectivity index (χ3v) is 5.10. The minimum atomic E-state index is -0.127. The third kappa shape index (κ3) is 2.73. The van der Waals surface area contributed by atoms with Gasteiger partial charge in [-0.05, 0) is 33.1 Å². The van der Waals surface area contributed by atoms with Crippen LogP contribution >= 0.6 is 0 Å². The Morgan fingerprint density at radius 2 is 1.89 bits per heavy atom. The average Bonchev–Trinajstić information content (AvgIpc) is 2.39. The molecule has 0 saturated heterocycles. The molecule has 2 rings (SSSR count). The highest BCUT2D eigenvalue weighted by molar-refractivity contribution is 5.05. The quantitative estimate of drug-likeness (QED) is 0.822. The van der Waals surface area contributed by atoms with Gasteiger partial charge in [-0.15, -0.1) is 0 Å². The second-order valence-electron chi connectivity index (χ2n) is 6.62. The van der Waals surface area contributed by atoms with Crippen molar-refractivity contribution in [3.63, 3.8) is 0 Å². The summed E-state index contributed by atoms with van der Waals surface area (Å²) in [5.74, 6) is 0. The van der Waals surface area contributed by atoms with Crippen LogP contribution in [-0.4, -0.2) is 36.6 Å². The van der Waals surface area contributed by atoms with Crippen molar-refractivity contribution in [2.45, 2.75) is 76.6 Å². The molecule has 2 saturated carbocycles. The van der Waals surface area contributed by atoms with E-state index in [2.05, 4.69) is 13.8 Å². The topological polar surface area (TPSA) is 38.7 Å². The Bertz CT molecular complexity index is 269. The molecule has 0 aromatic carbocycles. The zero-order valence-electron chi connectivity index (χ0n) is 12.1. The van der Waals surface area contributed by atoms with Crippen molar-refractivity contribution in [2.24, 2.45) is 5.41 Å². The number of methoxy groups -OCH3 is 1. The predicted molar refractivity (Wildman–Crippen MR) is 71.6 cm³/mol. The van der Waals surface area contributed by atoms with Crippen LogP contribution in [0.4, 0.5) is 0 Å². The van der Waals surface area contributed by atoms with Gasteiger partial charge in [-0.2, -0.15) is 0 Å². The Labute approximate surface area is 111 Å². The zero-order valence-corrected chi connectivity index (χ0v) is 12.1. The van der Waals surface area contributed by atoms with Crippen LogP contribution in [0.1, 0.15) is 58.8 Å². The summed E-state index contributed by atoms with van der Waals surface area (Å²) in [6, 6.07) is 0. The lowest BCUT2D eigenvalue weighted by Crippen LogP contribution is -2.59. The van der Waals surface area contributed by atoms with Crippen LogP contribution in [0, 0.1) is 5.41 Å². The van der Waals surface area contributed by atoms with Gasteiger partial charge in [0.25, 0.3) is 0 Å². The van der Waals surface area contributed by atoms with Crippen molar-refractivity contribution in [3.05, 3.63) is 0 Å². The fraction of sp³-hybridized carbons (Fsp3) is 1.00. The van der Waals surface area contributed by atoms with Crippen LogP contribution < -0.4 is 0 Å². The number of rotatable bonds is 5. The molecular formula is C15H28O3. The van der Waals surface area contributed by atoms with Crippen LogP contribution in [0.25, 0.3) is 0 Å². The Balaban J connectivity index is 1.80. The van der Waals surface area contributed by atoms with E-state index in [-0.39, 0.29) is 23.2 Å². The van der Waals surface area contributed by atoms with Gasteiger partial charge in [0.2, 0.25) is 0 Å². The first-order chi connectivity index (χ1) is 8.50. The molecule has 0 aliphatic heterocycles. The van der Waals surface area contributed by atoms with Gasteiger partial charge in [0.15, 0.2) is 0 Å². The maximum atomic E-state index is 10.1. The van der Waals surface area contributed by atoms with Gasteiger partial charge in [-0.1, -0.05) is 19.3 Å². The van der Waals surface area contributed by atoms with Crippen LogP contribution in [0.2, 0.25) is 0 Å². The first kappa shape index (κ1) is 14.3. The van der Waals surface area contributed by atoms with Gasteiger partial charge in [0.1, 0.15) is 0 Å². The normalized spacial score (nSPS) is 31.3. The van der Waals surface area contributed by atoms with Crippen molar-refractivity contribution < 1.29 is 14.6 Å². The molecule has 2 aliphatic rings. The second kappa shape index (κ2) is 5.48. The third-order valence-electron chi connectivity index (χ3n) is 5.10. The van der Waals surface area contributed by atoms with Gasteiger partial charge < -0.3 is 14.6 Å². The SMILES string of the molecule is COC(C)(C)CCOC1CC(O)C12CCCCC2. The Kier molecular flexibility index (Phi) is 4.35. The van der Waals surface area contributed by atoms with E-state index < -0.39 is 0 Å². The molecule has 2 atom stereocenters. The first-order valence-corrected chi connectivity index (χ1v) is 7.35. The smallest absolute Gasteiger partial charge is 0.0680 e. The Hall–Kier alpha value is -0.120. The standard InChI is InChI=1S/C15H28O3/c1-14(2,17-3)9-10-18-13-11-12(16)15(13)7-5-4-6-8-15/h12-13,16H,4-11H2,1-3H3. The minimum Gasteiger partial charge on any atom is -0.392 e. The molecule has 3 nitrogen and oxygen atoms in total. The molecule has 0 aromatic rings. The van der Waals surface area contributed by atoms with E-state index in [0.717, 1.165) is 32.3 Å². The molecule has 18 heavy (non-hydrogen) atoms. The average molecular weight is 256 g/mol. The maximum Gasteiger partial charge on any atom is 0.0680 e. The molecule has 0 heterocycles. The first-order valence-electron chi connectivity index (χ1n) is 7.35. The number of hydrogen-bond donors (Lipinski definition) is 1. The lowest BCUT2D eigenvalue weighted by Gasteiger charge is -2.55. The molecule has 1 spiro atoms. The van der Waals surface area contributed by atoms with Crippen LogP contribution in [0.5, 0.6) is 0 Å². The largest absolute Gasteiger partial charge is 0.392 e. The molecule has 0 bridgehead atoms. The summed E-state index contributed by atoms with van der Waals surface area (Å²) in [6.45, 7) is 4.91. The minimum absolute atomic E-state index is 0.0927. The van der Waals surface area contributed by atoms with E-state index in [1.807, 2.05) is 0 Å². The summed E-state index contributed by atoms with van der Waals surface area (Å²) in [6.07, 6.45) is 8.00. The zero-order chi connectivity index (χ0) is 13.2. The maximum absolute atomic E-state index is 10.1. The van der Waals surface area contributed by atoms with E-state index in [9.17, 15) is 5.11 Å². The monoisotopic (exact) mass is 256 g/mol. The van der Waals surface area contributed by atoms with Gasteiger partial charge in [0, 0.05) is 25.6 Å². The van der Waals surface area contributed by atoms with E-state index in [0.29, 0.717) is 0 Å². The summed E-state index contributed by atoms with van der Waals surface area (Å²) in [5.41, 5.74) is -0.0163. The fourth-order valence-corrected chi connectivity index (χ4v) is 3.37. The number of hydrogen-bond acceptors (Lipinski definition) is 3. The summed E-state index contributed by atoms with van der Waals surface area (Å²) >= 11 is 0. The molecule has 106 valence electrons. The molecule has 2 fully saturated rings. The van der Waals surface area contributed by atoms with Gasteiger partial charge in [-0.3, -0.25) is 0 Å². The lowest BCUT2D eigenvalue weighted by molar-refractivity contribution is -0.209. The van der Waals surface area contributed by atoms with Crippen molar-refractivity contribution in [1.82, 2.24) is 0 Å². The molecule has 1 N–H and O–H groups in total. The molecule has 2 unspecified atom stereocenters. The van der Waals surface area contributed by atoms with Crippen molar-refractivity contribution >= 4 is 0 Å². The molecule has 0 amide bonds. The molecule has 0 radical (unpaired) electrons. The second-order valence-corrected chi connectivity index (χ2v) is 6.62. The summed E-state index contributed by atoms with van der Waals surface area (Å²) in [5, 5.41) is 10.1. The van der Waals surface area contributed by atoms with Gasteiger partial charge >= 0.3 is 0 Å². The highest BCUT2D eigenvalue weighted by Gasteiger charge is 2.55. The number of aliphatic hydroxyl groups excluding tert-OH is 1. The summed E-state index contributed by atoms with van der Waals surface area (Å²) < 4.78 is 11.4. The van der Waals surface area contributed by atoms with E-state index in [1.54, 1.807) is 7.11 Å². The molecular weight excluding hydrogens is 228 g/mol. The fourth-order valence-electron chi connectivity index (χ4n) is 3.37. The summed E-state index contributed by atoms with van der Waals surface area (Å²) in [4.78, 5) is 0. The number of ether oxygens (including phenoxy) is 2. The highest BCUT2D eigenvalue weighted by atomic mass is 16.5. The van der Waals surface area contributed by atoms with Crippen LogP contribution in [-0.2, 0) is 9.47 Å². The molecule has 3 heteroatoms. The van der Waals surface area contributed by atoms with E-state index in [1.165, 1.54) is 19.3 Å². The van der Waals surface area contributed by atoms with Crippen molar-refractivity contribution in [3.8, 4) is 0 Å². The van der Waals surface area contributed by atoms with Crippen molar-refractivity contribution in [1.29, 1.82) is 0 Å². The molecule has 0 aromatic heterocycles. The Morgan fingerprint density at radius 1 is 1.22 bits per heavy atom. The number of aliphatic hydroxyl groups is 1. The van der Waals surface area contributed by atoms with E-state index in [4.69, 9.17) is 9.47 Å². The van der Waals surface area contributed by atoms with Gasteiger partial charge in [0.05, 0.1) is 17.8 Å². The highest BCUT2D eigenvalue weighted by Crippen LogP contribution is 2.53. The van der Waals surface area contributed by atoms with Crippen LogP contribution in [0.15, 0.2) is 0 Å². The molecule has 2 aliphatic carbocycles. The lowest BCUT2D eigenvalue weighted by atomic mass is 9.56. The van der Waals surface area contributed by atoms with Crippen LogP contribution in [0.3, 0.4) is 0 Å². The van der Waals surface area contributed by atoms with Crippen molar-refractivity contribution in [2.75, 3.05) is 13.7 Å². The Morgan fingerprint density at radius 3 is 2.44 bits per heavy atom. The summed E-state index contributed by atoms with van der Waals surface area (Å²) in [7, 11) is 1.75. The van der Waals surface area contributed by atoms with E-state index >= 15 is 0 Å². The van der Waals surface area contributed by atoms with Gasteiger partial charge in [-0.25, -0.2) is 0 Å². The predicted octanol–water partition coefficient (Wildman–Crippen LogP) is 2.90.